The summed E-state index contributed by atoms with van der Waals surface area (Å²) < 4.78 is 19.2. The van der Waals surface area contributed by atoms with Gasteiger partial charge >= 0.3 is 0 Å². The van der Waals surface area contributed by atoms with Gasteiger partial charge in [0.15, 0.2) is 0 Å². The van der Waals surface area contributed by atoms with Crippen LogP contribution in [0.3, 0.4) is 0 Å². The Balaban J connectivity index is 2.41. The average Bonchev–Trinajstić information content (AvgIpc) is 2.41. The molecule has 0 spiro atoms. The third kappa shape index (κ3) is 2.54. The van der Waals surface area contributed by atoms with Crippen LogP contribution in [-0.4, -0.2) is 7.11 Å². The lowest BCUT2D eigenvalue weighted by Crippen LogP contribution is -2.13. The van der Waals surface area contributed by atoms with Crippen LogP contribution < -0.4 is 10.5 Å². The zero-order chi connectivity index (χ0) is 13.1. The van der Waals surface area contributed by atoms with E-state index < -0.39 is 6.04 Å². The Hall–Kier alpha value is -1.39. The van der Waals surface area contributed by atoms with Crippen LogP contribution in [0.4, 0.5) is 4.39 Å². The molecule has 0 amide bonds. The van der Waals surface area contributed by atoms with E-state index in [1.54, 1.807) is 19.2 Å². The van der Waals surface area contributed by atoms with Gasteiger partial charge in [0.2, 0.25) is 0 Å². The van der Waals surface area contributed by atoms with Crippen LogP contribution in [0.1, 0.15) is 17.2 Å². The topological polar surface area (TPSA) is 35.2 Å². The Morgan fingerprint density at radius 3 is 2.61 bits per heavy atom. The molecule has 2 aromatic carbocycles. The number of hydrogen-bond acceptors (Lipinski definition) is 2. The molecule has 2 N–H and O–H groups in total. The van der Waals surface area contributed by atoms with Crippen molar-refractivity contribution in [2.75, 3.05) is 7.11 Å². The van der Waals surface area contributed by atoms with Gasteiger partial charge in [0.05, 0.1) is 17.6 Å². The Labute approximate surface area is 114 Å². The minimum Gasteiger partial charge on any atom is -0.496 e. The van der Waals surface area contributed by atoms with Crippen molar-refractivity contribution in [3.63, 3.8) is 0 Å². The molecule has 0 aliphatic heterocycles. The molecular formula is C14H13BrFNO. The Bertz CT molecular complexity index is 559. The Kier molecular flexibility index (Phi) is 3.99. The molecule has 4 heteroatoms. The largest absolute Gasteiger partial charge is 0.496 e. The van der Waals surface area contributed by atoms with Crippen molar-refractivity contribution in [2.45, 2.75) is 6.04 Å². The number of halogens is 2. The zero-order valence-electron chi connectivity index (χ0n) is 9.86. The molecule has 2 aromatic rings. The molecule has 0 saturated heterocycles. The van der Waals surface area contributed by atoms with Crippen molar-refractivity contribution in [1.82, 2.24) is 0 Å². The predicted octanol–water partition coefficient (Wildman–Crippen LogP) is 3.64. The molecule has 2 rings (SSSR count). The van der Waals surface area contributed by atoms with Gasteiger partial charge in [-0.1, -0.05) is 24.3 Å². The summed E-state index contributed by atoms with van der Waals surface area (Å²) in [5, 5.41) is 0. The first-order valence-electron chi connectivity index (χ1n) is 5.47. The third-order valence-corrected chi connectivity index (χ3v) is 3.42. The average molecular weight is 310 g/mol. The summed E-state index contributed by atoms with van der Waals surface area (Å²) in [6.45, 7) is 0. The number of nitrogens with two attached hydrogens (primary N) is 1. The summed E-state index contributed by atoms with van der Waals surface area (Å²) in [5.74, 6) is 0.381. The third-order valence-electron chi connectivity index (χ3n) is 2.78. The van der Waals surface area contributed by atoms with Gasteiger partial charge in [-0.2, -0.15) is 0 Å². The molecule has 0 aliphatic carbocycles. The van der Waals surface area contributed by atoms with Gasteiger partial charge in [0, 0.05) is 5.56 Å². The first-order chi connectivity index (χ1) is 8.63. The highest BCUT2D eigenvalue weighted by atomic mass is 79.9. The zero-order valence-corrected chi connectivity index (χ0v) is 11.4. The van der Waals surface area contributed by atoms with E-state index in [2.05, 4.69) is 15.9 Å². The molecule has 18 heavy (non-hydrogen) atoms. The second kappa shape index (κ2) is 5.50. The van der Waals surface area contributed by atoms with Gasteiger partial charge in [-0.15, -0.1) is 0 Å². The summed E-state index contributed by atoms with van der Waals surface area (Å²) in [6, 6.07) is 11.9. The summed E-state index contributed by atoms with van der Waals surface area (Å²) in [6.07, 6.45) is 0. The molecule has 0 fully saturated rings. The number of ether oxygens (including phenoxy) is 1. The standard InChI is InChI=1S/C14H13BrFNO/c1-18-13-5-3-2-4-10(13)14(17)9-6-7-11(15)12(16)8-9/h2-8,14H,17H2,1H3. The second-order valence-corrected chi connectivity index (χ2v) is 4.75. The maximum absolute atomic E-state index is 13.5. The Morgan fingerprint density at radius 1 is 1.22 bits per heavy atom. The summed E-state index contributed by atoms with van der Waals surface area (Å²) in [7, 11) is 1.59. The van der Waals surface area contributed by atoms with Crippen LogP contribution >= 0.6 is 15.9 Å². The van der Waals surface area contributed by atoms with E-state index in [1.165, 1.54) is 6.07 Å². The number of methoxy groups -OCH3 is 1. The molecule has 94 valence electrons. The smallest absolute Gasteiger partial charge is 0.137 e. The highest BCUT2D eigenvalue weighted by Crippen LogP contribution is 2.29. The van der Waals surface area contributed by atoms with Crippen LogP contribution in [0.15, 0.2) is 46.9 Å². The van der Waals surface area contributed by atoms with Crippen molar-refractivity contribution in [2.24, 2.45) is 5.73 Å². The fourth-order valence-electron chi connectivity index (χ4n) is 1.81. The maximum atomic E-state index is 13.5. The van der Waals surface area contributed by atoms with Crippen LogP contribution in [0.25, 0.3) is 0 Å². The minimum atomic E-state index is -0.413. The molecular weight excluding hydrogens is 297 g/mol. The lowest BCUT2D eigenvalue weighted by molar-refractivity contribution is 0.408. The van der Waals surface area contributed by atoms with Crippen LogP contribution in [-0.2, 0) is 0 Å². The van der Waals surface area contributed by atoms with E-state index in [4.69, 9.17) is 10.5 Å². The molecule has 0 saturated carbocycles. The quantitative estimate of drug-likeness (QED) is 0.939. The second-order valence-electron chi connectivity index (χ2n) is 3.89. The normalized spacial score (nSPS) is 12.2. The molecule has 0 radical (unpaired) electrons. The number of para-hydroxylation sites is 1. The molecule has 0 aliphatic rings. The van der Waals surface area contributed by atoms with Gasteiger partial charge in [0.1, 0.15) is 11.6 Å². The summed E-state index contributed by atoms with van der Waals surface area (Å²) >= 11 is 3.12. The van der Waals surface area contributed by atoms with E-state index >= 15 is 0 Å². The highest BCUT2D eigenvalue weighted by molar-refractivity contribution is 9.10. The summed E-state index contributed by atoms with van der Waals surface area (Å²) in [5.41, 5.74) is 7.69. The van der Waals surface area contributed by atoms with E-state index in [1.807, 2.05) is 24.3 Å². The van der Waals surface area contributed by atoms with Crippen LogP contribution in [0, 0.1) is 5.82 Å². The Morgan fingerprint density at radius 2 is 1.94 bits per heavy atom. The maximum Gasteiger partial charge on any atom is 0.137 e. The predicted molar refractivity (Wildman–Crippen MR) is 73.1 cm³/mol. The first kappa shape index (κ1) is 13.1. The lowest BCUT2D eigenvalue weighted by Gasteiger charge is -2.16. The number of rotatable bonds is 3. The van der Waals surface area contributed by atoms with E-state index in [9.17, 15) is 4.39 Å². The van der Waals surface area contributed by atoms with Crippen molar-refractivity contribution in [3.8, 4) is 5.75 Å². The van der Waals surface area contributed by atoms with Gasteiger partial charge in [0.25, 0.3) is 0 Å². The van der Waals surface area contributed by atoms with Crippen molar-refractivity contribution in [1.29, 1.82) is 0 Å². The molecule has 2 nitrogen and oxygen atoms in total. The van der Waals surface area contributed by atoms with Gasteiger partial charge in [-0.05, 0) is 39.7 Å². The SMILES string of the molecule is COc1ccccc1C(N)c1ccc(Br)c(F)c1. The molecule has 1 unspecified atom stereocenters. The summed E-state index contributed by atoms with van der Waals surface area (Å²) in [4.78, 5) is 0. The number of hydrogen-bond donors (Lipinski definition) is 1. The van der Waals surface area contributed by atoms with Crippen LogP contribution in [0.5, 0.6) is 5.75 Å². The molecule has 0 bridgehead atoms. The fourth-order valence-corrected chi connectivity index (χ4v) is 2.06. The molecule has 0 aromatic heterocycles. The molecule has 1 atom stereocenters. The van der Waals surface area contributed by atoms with Gasteiger partial charge in [-0.3, -0.25) is 0 Å². The first-order valence-corrected chi connectivity index (χ1v) is 6.26. The fraction of sp³-hybridized carbons (Fsp3) is 0.143. The number of benzene rings is 2. The molecule has 0 heterocycles. The van der Waals surface area contributed by atoms with Gasteiger partial charge in [-0.25, -0.2) is 4.39 Å². The van der Waals surface area contributed by atoms with E-state index in [-0.39, 0.29) is 5.82 Å². The van der Waals surface area contributed by atoms with E-state index in [0.29, 0.717) is 15.8 Å². The van der Waals surface area contributed by atoms with Crippen molar-refractivity contribution < 1.29 is 9.13 Å². The minimum absolute atomic E-state index is 0.321. The highest BCUT2D eigenvalue weighted by Gasteiger charge is 2.14. The monoisotopic (exact) mass is 309 g/mol. The van der Waals surface area contributed by atoms with Crippen molar-refractivity contribution in [3.05, 3.63) is 63.9 Å². The van der Waals surface area contributed by atoms with Crippen LogP contribution in [0.2, 0.25) is 0 Å². The van der Waals surface area contributed by atoms with Crippen molar-refractivity contribution >= 4 is 15.9 Å². The van der Waals surface area contributed by atoms with E-state index in [0.717, 1.165) is 5.56 Å². The lowest BCUT2D eigenvalue weighted by atomic mass is 9.99. The van der Waals surface area contributed by atoms with Gasteiger partial charge < -0.3 is 10.5 Å².